The number of carbonyl (C=O) groups excluding carboxylic acids is 5. The lowest BCUT2D eigenvalue weighted by atomic mass is 9.98. The molecule has 0 N–H and O–H groups in total. The zero-order valence-corrected chi connectivity index (χ0v) is 18.0. The molecule has 1 aliphatic rings. The van der Waals surface area contributed by atoms with Gasteiger partial charge in [0.2, 0.25) is 12.4 Å². The van der Waals surface area contributed by atoms with E-state index >= 15 is 0 Å². The minimum absolute atomic E-state index is 0.247. The number of benzene rings is 1. The minimum atomic E-state index is -1.34. The smallest absolute Gasteiger partial charge is 0.303 e. The van der Waals surface area contributed by atoms with Crippen LogP contribution in [-0.2, 0) is 42.9 Å². The molecule has 1 aromatic carbocycles. The molecule has 0 aliphatic carbocycles. The standard InChI is InChI=1S/C21H24O11/c1-11(23)27-10-17-18(28-12(2)24)19(29-13(3)25)20(30-14(4)26)21(32-17)31-16-7-5-15(9-22)6-8-16/h5-9,17-21H,10H2,1-4H3/t17-,18+,19-,20-,21+/m0/s1. The molecule has 1 aliphatic heterocycles. The van der Waals surface area contributed by atoms with Gasteiger partial charge in [0.15, 0.2) is 12.2 Å². The average molecular weight is 452 g/mol. The maximum atomic E-state index is 11.8. The Morgan fingerprint density at radius 1 is 0.812 bits per heavy atom. The highest BCUT2D eigenvalue weighted by molar-refractivity contribution is 5.74. The van der Waals surface area contributed by atoms with Crippen molar-refractivity contribution < 1.29 is 52.4 Å². The van der Waals surface area contributed by atoms with Gasteiger partial charge in [0, 0.05) is 33.3 Å². The number of hydrogen-bond acceptors (Lipinski definition) is 11. The number of ether oxygens (including phenoxy) is 6. The van der Waals surface area contributed by atoms with Crippen LogP contribution in [0.2, 0.25) is 0 Å². The second-order valence-electron chi connectivity index (χ2n) is 6.87. The van der Waals surface area contributed by atoms with Crippen molar-refractivity contribution >= 4 is 30.2 Å². The zero-order valence-electron chi connectivity index (χ0n) is 18.0. The van der Waals surface area contributed by atoms with Gasteiger partial charge in [0.25, 0.3) is 0 Å². The Balaban J connectivity index is 2.43. The Morgan fingerprint density at radius 3 is 1.84 bits per heavy atom. The molecule has 0 radical (unpaired) electrons. The Hall–Kier alpha value is -3.47. The van der Waals surface area contributed by atoms with E-state index in [1.165, 1.54) is 31.2 Å². The van der Waals surface area contributed by atoms with Gasteiger partial charge in [-0.3, -0.25) is 24.0 Å². The van der Waals surface area contributed by atoms with E-state index in [0.717, 1.165) is 20.8 Å². The summed E-state index contributed by atoms with van der Waals surface area (Å²) in [7, 11) is 0. The normalized spacial score (nSPS) is 24.6. The molecule has 2 rings (SSSR count). The molecule has 0 spiro atoms. The van der Waals surface area contributed by atoms with Crippen LogP contribution in [0, 0.1) is 0 Å². The van der Waals surface area contributed by atoms with Crippen molar-refractivity contribution in [3.8, 4) is 5.75 Å². The molecule has 174 valence electrons. The SMILES string of the molecule is CC(=O)OC[C@@H]1O[C@@H](Oc2ccc(C=O)cc2)[C@@H](OC(C)=O)[C@@H](OC(C)=O)[C@@H]1OC(C)=O. The van der Waals surface area contributed by atoms with E-state index in [-0.39, 0.29) is 12.4 Å². The highest BCUT2D eigenvalue weighted by atomic mass is 16.7. The summed E-state index contributed by atoms with van der Waals surface area (Å²) >= 11 is 0. The van der Waals surface area contributed by atoms with Crippen LogP contribution in [0.25, 0.3) is 0 Å². The third kappa shape index (κ3) is 7.05. The van der Waals surface area contributed by atoms with E-state index in [4.69, 9.17) is 28.4 Å². The quantitative estimate of drug-likeness (QED) is 0.316. The first-order valence-electron chi connectivity index (χ1n) is 9.63. The van der Waals surface area contributed by atoms with Crippen LogP contribution in [-0.4, -0.2) is 67.5 Å². The predicted molar refractivity (Wildman–Crippen MR) is 104 cm³/mol. The first kappa shape index (κ1) is 24.8. The fraction of sp³-hybridized carbons (Fsp3) is 0.476. The fourth-order valence-corrected chi connectivity index (χ4v) is 3.04. The van der Waals surface area contributed by atoms with Crippen molar-refractivity contribution in [2.24, 2.45) is 0 Å². The number of hydrogen-bond donors (Lipinski definition) is 0. The molecule has 1 saturated heterocycles. The molecule has 0 saturated carbocycles. The molecule has 32 heavy (non-hydrogen) atoms. The predicted octanol–water partition coefficient (Wildman–Crippen LogP) is 0.961. The van der Waals surface area contributed by atoms with Gasteiger partial charge in [-0.2, -0.15) is 0 Å². The van der Waals surface area contributed by atoms with E-state index in [9.17, 15) is 24.0 Å². The van der Waals surface area contributed by atoms with E-state index in [2.05, 4.69) is 0 Å². The van der Waals surface area contributed by atoms with Crippen molar-refractivity contribution in [2.45, 2.75) is 58.4 Å². The van der Waals surface area contributed by atoms with Crippen LogP contribution in [0.1, 0.15) is 38.1 Å². The average Bonchev–Trinajstić information content (AvgIpc) is 2.70. The van der Waals surface area contributed by atoms with Gasteiger partial charge in [0.05, 0.1) is 0 Å². The van der Waals surface area contributed by atoms with Crippen molar-refractivity contribution in [2.75, 3.05) is 6.61 Å². The number of aldehydes is 1. The second kappa shape index (κ2) is 11.2. The van der Waals surface area contributed by atoms with Gasteiger partial charge < -0.3 is 28.4 Å². The van der Waals surface area contributed by atoms with E-state index in [1.807, 2.05) is 0 Å². The summed E-state index contributed by atoms with van der Waals surface area (Å²) < 4.78 is 32.5. The van der Waals surface area contributed by atoms with Gasteiger partial charge in [-0.1, -0.05) is 0 Å². The monoisotopic (exact) mass is 452 g/mol. The molecule has 11 heteroatoms. The largest absolute Gasteiger partial charge is 0.463 e. The summed E-state index contributed by atoms with van der Waals surface area (Å²) in [6.07, 6.45) is -5.72. The van der Waals surface area contributed by atoms with E-state index < -0.39 is 54.6 Å². The summed E-state index contributed by atoms with van der Waals surface area (Å²) in [5.41, 5.74) is 0.402. The molecule has 1 aromatic rings. The molecular formula is C21H24O11. The molecule has 0 amide bonds. The van der Waals surface area contributed by atoms with Gasteiger partial charge in [-0.15, -0.1) is 0 Å². The minimum Gasteiger partial charge on any atom is -0.463 e. The van der Waals surface area contributed by atoms with Gasteiger partial charge in [-0.25, -0.2) is 0 Å². The Kier molecular flexibility index (Phi) is 8.71. The Bertz CT molecular complexity index is 848. The van der Waals surface area contributed by atoms with Crippen molar-refractivity contribution in [1.82, 2.24) is 0 Å². The highest BCUT2D eigenvalue weighted by Crippen LogP contribution is 2.31. The van der Waals surface area contributed by atoms with Crippen LogP contribution in [0.5, 0.6) is 5.75 Å². The molecule has 1 fully saturated rings. The van der Waals surface area contributed by atoms with Crippen molar-refractivity contribution in [3.63, 3.8) is 0 Å². The summed E-state index contributed by atoms with van der Waals surface area (Å²) in [6, 6.07) is 5.96. The van der Waals surface area contributed by atoms with E-state index in [0.29, 0.717) is 11.8 Å². The first-order valence-corrected chi connectivity index (χ1v) is 9.63. The summed E-state index contributed by atoms with van der Waals surface area (Å²) in [6.45, 7) is 4.21. The maximum absolute atomic E-state index is 11.8. The van der Waals surface area contributed by atoms with Crippen LogP contribution in [0.4, 0.5) is 0 Å². The van der Waals surface area contributed by atoms with Crippen molar-refractivity contribution in [3.05, 3.63) is 29.8 Å². The summed E-state index contributed by atoms with van der Waals surface area (Å²) in [5.74, 6) is -2.58. The van der Waals surface area contributed by atoms with E-state index in [1.54, 1.807) is 0 Å². The zero-order chi connectivity index (χ0) is 23.8. The molecule has 11 nitrogen and oxygen atoms in total. The topological polar surface area (TPSA) is 141 Å². The van der Waals surface area contributed by atoms with Crippen molar-refractivity contribution in [1.29, 1.82) is 0 Å². The van der Waals surface area contributed by atoms with Gasteiger partial charge >= 0.3 is 23.9 Å². The summed E-state index contributed by atoms with van der Waals surface area (Å²) in [5, 5.41) is 0. The highest BCUT2D eigenvalue weighted by Gasteiger charge is 2.53. The number of esters is 4. The van der Waals surface area contributed by atoms with Crippen LogP contribution < -0.4 is 4.74 Å². The molecule has 0 bridgehead atoms. The van der Waals surface area contributed by atoms with Crippen LogP contribution >= 0.6 is 0 Å². The first-order chi connectivity index (χ1) is 15.1. The second-order valence-corrected chi connectivity index (χ2v) is 6.87. The summed E-state index contributed by atoms with van der Waals surface area (Å²) in [4.78, 5) is 57.4. The molecular weight excluding hydrogens is 428 g/mol. The van der Waals surface area contributed by atoms with Crippen LogP contribution in [0.3, 0.4) is 0 Å². The maximum Gasteiger partial charge on any atom is 0.303 e. The lowest BCUT2D eigenvalue weighted by Crippen LogP contribution is -2.63. The number of carbonyl (C=O) groups is 5. The molecule has 1 heterocycles. The Labute approximate surface area is 183 Å². The third-order valence-electron chi connectivity index (χ3n) is 4.22. The third-order valence-corrected chi connectivity index (χ3v) is 4.22. The fourth-order valence-electron chi connectivity index (χ4n) is 3.04. The molecule has 0 aromatic heterocycles. The molecule has 5 atom stereocenters. The lowest BCUT2D eigenvalue weighted by Gasteiger charge is -2.43. The van der Waals surface area contributed by atoms with Crippen LogP contribution in [0.15, 0.2) is 24.3 Å². The Morgan fingerprint density at radius 2 is 1.34 bits per heavy atom. The van der Waals surface area contributed by atoms with Gasteiger partial charge in [0.1, 0.15) is 24.7 Å². The number of rotatable bonds is 8. The van der Waals surface area contributed by atoms with Gasteiger partial charge in [-0.05, 0) is 24.3 Å². The lowest BCUT2D eigenvalue weighted by molar-refractivity contribution is -0.288. The molecule has 0 unspecified atom stereocenters.